The summed E-state index contributed by atoms with van der Waals surface area (Å²) in [5, 5.41) is 13.9. The van der Waals surface area contributed by atoms with Gasteiger partial charge in [0.15, 0.2) is 0 Å². The SMILES string of the molecule is O=C(NC[C@H]1CCCO1)c1c(O)c2cccc3c2n(c1=O)CCC3. The maximum absolute atomic E-state index is 12.8. The molecule has 24 heavy (non-hydrogen) atoms. The average molecular weight is 328 g/mol. The van der Waals surface area contributed by atoms with Gasteiger partial charge >= 0.3 is 0 Å². The van der Waals surface area contributed by atoms with Crippen molar-refractivity contribution in [2.45, 2.75) is 38.3 Å². The topological polar surface area (TPSA) is 80.6 Å². The number of nitrogens with one attached hydrogen (secondary N) is 1. The second-order valence-electron chi connectivity index (χ2n) is 6.44. The van der Waals surface area contributed by atoms with Crippen molar-refractivity contribution in [3.05, 3.63) is 39.7 Å². The fourth-order valence-corrected chi connectivity index (χ4v) is 3.72. The Morgan fingerprint density at radius 3 is 3.04 bits per heavy atom. The van der Waals surface area contributed by atoms with E-state index in [1.165, 1.54) is 0 Å². The van der Waals surface area contributed by atoms with Gasteiger partial charge in [-0.3, -0.25) is 9.59 Å². The third kappa shape index (κ3) is 2.38. The van der Waals surface area contributed by atoms with Crippen LogP contribution in [0.1, 0.15) is 35.2 Å². The minimum atomic E-state index is -0.533. The van der Waals surface area contributed by atoms with Crippen molar-refractivity contribution in [1.29, 1.82) is 0 Å². The summed E-state index contributed by atoms with van der Waals surface area (Å²) in [6, 6.07) is 5.58. The first-order valence-corrected chi connectivity index (χ1v) is 8.44. The molecule has 2 aliphatic rings. The van der Waals surface area contributed by atoms with Gasteiger partial charge < -0.3 is 19.7 Å². The summed E-state index contributed by atoms with van der Waals surface area (Å²) in [4.78, 5) is 25.3. The van der Waals surface area contributed by atoms with Gasteiger partial charge in [0.05, 0.1) is 11.6 Å². The first-order chi connectivity index (χ1) is 11.7. The van der Waals surface area contributed by atoms with E-state index in [2.05, 4.69) is 5.32 Å². The molecule has 0 saturated carbocycles. The van der Waals surface area contributed by atoms with Crippen molar-refractivity contribution in [1.82, 2.24) is 9.88 Å². The quantitative estimate of drug-likeness (QED) is 0.896. The van der Waals surface area contributed by atoms with Crippen LogP contribution in [0.4, 0.5) is 0 Å². The molecule has 0 aliphatic carbocycles. The molecule has 2 aromatic rings. The van der Waals surface area contributed by atoms with Gasteiger partial charge in [-0.05, 0) is 37.3 Å². The van der Waals surface area contributed by atoms with Crippen LogP contribution in [0.25, 0.3) is 10.9 Å². The first-order valence-electron chi connectivity index (χ1n) is 8.44. The lowest BCUT2D eigenvalue weighted by Gasteiger charge is -2.21. The van der Waals surface area contributed by atoms with Crippen LogP contribution >= 0.6 is 0 Å². The Morgan fingerprint density at radius 2 is 2.25 bits per heavy atom. The zero-order valence-electron chi connectivity index (χ0n) is 13.4. The van der Waals surface area contributed by atoms with Crippen molar-refractivity contribution < 1.29 is 14.6 Å². The summed E-state index contributed by atoms with van der Waals surface area (Å²) in [7, 11) is 0. The van der Waals surface area contributed by atoms with Crippen LogP contribution in [0.5, 0.6) is 5.75 Å². The lowest BCUT2D eigenvalue weighted by Crippen LogP contribution is -2.37. The lowest BCUT2D eigenvalue weighted by atomic mass is 9.99. The number of aromatic nitrogens is 1. The van der Waals surface area contributed by atoms with Crippen LogP contribution in [-0.4, -0.2) is 34.8 Å². The number of para-hydroxylation sites is 1. The summed E-state index contributed by atoms with van der Waals surface area (Å²) in [6.45, 7) is 1.63. The lowest BCUT2D eigenvalue weighted by molar-refractivity contribution is 0.0854. The molecule has 1 fully saturated rings. The molecule has 0 bridgehead atoms. The fraction of sp³-hybridized carbons (Fsp3) is 0.444. The number of amides is 1. The van der Waals surface area contributed by atoms with Gasteiger partial charge in [-0.15, -0.1) is 0 Å². The summed E-state index contributed by atoms with van der Waals surface area (Å²) in [5.41, 5.74) is 1.20. The molecule has 6 nitrogen and oxygen atoms in total. The van der Waals surface area contributed by atoms with E-state index in [0.29, 0.717) is 25.1 Å². The van der Waals surface area contributed by atoms with Crippen molar-refractivity contribution >= 4 is 16.8 Å². The van der Waals surface area contributed by atoms with Gasteiger partial charge in [-0.2, -0.15) is 0 Å². The van der Waals surface area contributed by atoms with E-state index in [4.69, 9.17) is 4.74 Å². The van der Waals surface area contributed by atoms with Crippen LogP contribution in [0.3, 0.4) is 0 Å². The number of carbonyl (C=O) groups excluding carboxylic acids is 1. The number of ether oxygens (including phenoxy) is 1. The Balaban J connectivity index is 1.75. The van der Waals surface area contributed by atoms with Crippen molar-refractivity contribution in [2.75, 3.05) is 13.2 Å². The number of hydrogen-bond donors (Lipinski definition) is 2. The zero-order chi connectivity index (χ0) is 16.7. The fourth-order valence-electron chi connectivity index (χ4n) is 3.72. The third-order valence-electron chi connectivity index (χ3n) is 4.91. The zero-order valence-corrected chi connectivity index (χ0v) is 13.4. The molecule has 4 rings (SSSR count). The number of rotatable bonds is 3. The summed E-state index contributed by atoms with van der Waals surface area (Å²) in [5.74, 6) is -0.755. The van der Waals surface area contributed by atoms with Crippen LogP contribution in [0.15, 0.2) is 23.0 Å². The Morgan fingerprint density at radius 1 is 1.38 bits per heavy atom. The maximum Gasteiger partial charge on any atom is 0.267 e. The van der Waals surface area contributed by atoms with E-state index in [1.54, 1.807) is 10.6 Å². The van der Waals surface area contributed by atoms with Gasteiger partial charge in [0.2, 0.25) is 0 Å². The number of benzene rings is 1. The number of pyridine rings is 1. The molecule has 0 spiro atoms. The molecule has 1 aromatic heterocycles. The molecule has 2 N–H and O–H groups in total. The van der Waals surface area contributed by atoms with Crippen molar-refractivity contribution in [3.8, 4) is 5.75 Å². The second-order valence-corrected chi connectivity index (χ2v) is 6.44. The van der Waals surface area contributed by atoms with E-state index in [9.17, 15) is 14.7 Å². The van der Waals surface area contributed by atoms with Gasteiger partial charge in [0.25, 0.3) is 11.5 Å². The second kappa shape index (κ2) is 5.94. The number of hydrogen-bond acceptors (Lipinski definition) is 4. The highest BCUT2D eigenvalue weighted by molar-refractivity contribution is 6.03. The average Bonchev–Trinajstić information content (AvgIpc) is 3.11. The predicted molar refractivity (Wildman–Crippen MR) is 89.5 cm³/mol. The molecule has 2 aliphatic heterocycles. The van der Waals surface area contributed by atoms with Crippen LogP contribution in [-0.2, 0) is 17.7 Å². The molecule has 0 unspecified atom stereocenters. The molecular formula is C18H20N2O4. The highest BCUT2D eigenvalue weighted by atomic mass is 16.5. The Kier molecular flexibility index (Phi) is 3.76. The highest BCUT2D eigenvalue weighted by Crippen LogP contribution is 2.31. The first kappa shape index (κ1) is 15.2. The Bertz CT molecular complexity index is 865. The normalized spacial score (nSPS) is 19.6. The summed E-state index contributed by atoms with van der Waals surface area (Å²) < 4.78 is 7.10. The highest BCUT2D eigenvalue weighted by Gasteiger charge is 2.25. The molecule has 3 heterocycles. The van der Waals surface area contributed by atoms with Crippen LogP contribution in [0.2, 0.25) is 0 Å². The van der Waals surface area contributed by atoms with Crippen molar-refractivity contribution in [2.24, 2.45) is 0 Å². The third-order valence-corrected chi connectivity index (χ3v) is 4.91. The smallest absolute Gasteiger partial charge is 0.267 e. The molecule has 1 atom stereocenters. The molecule has 126 valence electrons. The molecule has 1 aromatic carbocycles. The molecule has 1 amide bonds. The largest absolute Gasteiger partial charge is 0.506 e. The van der Waals surface area contributed by atoms with Gasteiger partial charge in [0.1, 0.15) is 11.3 Å². The van der Waals surface area contributed by atoms with Gasteiger partial charge in [-0.1, -0.05) is 12.1 Å². The molecule has 0 radical (unpaired) electrons. The molecule has 6 heteroatoms. The number of carbonyl (C=O) groups is 1. The summed E-state index contributed by atoms with van der Waals surface area (Å²) in [6.07, 6.45) is 3.60. The monoisotopic (exact) mass is 328 g/mol. The standard InChI is InChI=1S/C18H20N2O4/c21-16-13-7-1-4-11-5-2-8-20(15(11)13)18(23)14(16)17(22)19-10-12-6-3-9-24-12/h1,4,7,12,21H,2-3,5-6,8-10H2,(H,19,22)/t12-/m1/s1. The van der Waals surface area contributed by atoms with E-state index in [1.807, 2.05) is 12.1 Å². The van der Waals surface area contributed by atoms with Gasteiger partial charge in [0, 0.05) is 25.1 Å². The molecule has 1 saturated heterocycles. The van der Waals surface area contributed by atoms with Crippen LogP contribution < -0.4 is 10.9 Å². The summed E-state index contributed by atoms with van der Waals surface area (Å²) >= 11 is 0. The maximum atomic E-state index is 12.8. The van der Waals surface area contributed by atoms with Gasteiger partial charge in [-0.25, -0.2) is 0 Å². The predicted octanol–water partition coefficient (Wildman–Crippen LogP) is 1.56. The number of nitrogens with zero attached hydrogens (tertiary/aromatic N) is 1. The number of aromatic hydroxyl groups is 1. The minimum absolute atomic E-state index is 0.00994. The van der Waals surface area contributed by atoms with E-state index in [-0.39, 0.29) is 17.4 Å². The Hall–Kier alpha value is -2.34. The van der Waals surface area contributed by atoms with E-state index >= 15 is 0 Å². The van der Waals surface area contributed by atoms with E-state index < -0.39 is 11.5 Å². The van der Waals surface area contributed by atoms with Crippen molar-refractivity contribution in [3.63, 3.8) is 0 Å². The van der Waals surface area contributed by atoms with Crippen LogP contribution in [0, 0.1) is 0 Å². The molecular weight excluding hydrogens is 308 g/mol. The van der Waals surface area contributed by atoms with E-state index in [0.717, 1.165) is 36.8 Å². The Labute approximate surface area is 139 Å². The minimum Gasteiger partial charge on any atom is -0.506 e. The number of aryl methyl sites for hydroxylation is 2.